The van der Waals surface area contributed by atoms with Gasteiger partial charge in [0.25, 0.3) is 0 Å². The summed E-state index contributed by atoms with van der Waals surface area (Å²) >= 11 is 0. The first-order valence-electron chi connectivity index (χ1n) is 45.8. The molecule has 6 unspecified atom stereocenters. The summed E-state index contributed by atoms with van der Waals surface area (Å²) < 4.78 is 0. The monoisotopic (exact) mass is 1850 g/mol. The highest BCUT2D eigenvalue weighted by atomic mass is 16.2. The topological polar surface area (TPSA) is 639 Å². The van der Waals surface area contributed by atoms with Crippen molar-refractivity contribution in [1.29, 1.82) is 0 Å². The van der Waals surface area contributed by atoms with E-state index < -0.39 is 221 Å². The fourth-order valence-corrected chi connectivity index (χ4v) is 12.7. The molecule has 0 spiro atoms. The Bertz CT molecular complexity index is 3610. The molecule has 44 heteroatoms. The van der Waals surface area contributed by atoms with Gasteiger partial charge in [-0.3, -0.25) is 91.1 Å². The zero-order valence-corrected chi connectivity index (χ0v) is 80.8. The minimum atomic E-state index is -1.75. The number of hydrogen-bond acceptors (Lipinski definition) is 25. The predicted molar refractivity (Wildman–Crippen MR) is 492 cm³/mol. The Morgan fingerprint density at radius 3 is 0.508 bits per heavy atom. The molecule has 0 aliphatic carbocycles. The molecular formula is C86H161N25O19. The van der Waals surface area contributed by atoms with Gasteiger partial charge < -0.3 is 133 Å². The van der Waals surface area contributed by atoms with Gasteiger partial charge >= 0.3 is 0 Å². The first kappa shape index (κ1) is 120. The molecule has 0 rings (SSSR count). The van der Waals surface area contributed by atoms with E-state index in [-0.39, 0.29) is 32.1 Å². The molecule has 0 bridgehead atoms. The number of hydrogen-bond donors (Lipinski definition) is 25. The van der Waals surface area contributed by atoms with Crippen LogP contribution in [0.4, 0.5) is 0 Å². The Morgan fingerprint density at radius 2 is 0.369 bits per heavy atom. The van der Waals surface area contributed by atoms with Gasteiger partial charge in [-0.2, -0.15) is 0 Å². The van der Waals surface area contributed by atoms with Crippen molar-refractivity contribution in [1.82, 2.24) is 128 Å². The van der Waals surface area contributed by atoms with Gasteiger partial charge in [0.2, 0.25) is 112 Å². The summed E-state index contributed by atoms with van der Waals surface area (Å²) in [6, 6.07) is -7.10. The Balaban J connectivity index is 6.34. The van der Waals surface area contributed by atoms with Crippen molar-refractivity contribution in [3.8, 4) is 0 Å². The quantitative estimate of drug-likeness (QED) is 0.0254. The van der Waals surface area contributed by atoms with E-state index >= 15 is 0 Å². The number of amides is 19. The third-order valence-electron chi connectivity index (χ3n) is 20.5. The van der Waals surface area contributed by atoms with Gasteiger partial charge in [-0.25, -0.2) is 0 Å². The van der Waals surface area contributed by atoms with E-state index in [1.54, 1.807) is 0 Å². The highest BCUT2D eigenvalue weighted by molar-refractivity contribution is 6.02. The Morgan fingerprint density at radius 1 is 0.223 bits per heavy atom. The molecular weight excluding hydrogens is 1690 g/mol. The van der Waals surface area contributed by atoms with Crippen LogP contribution in [0.25, 0.3) is 0 Å². The lowest BCUT2D eigenvalue weighted by Gasteiger charge is -2.30. The third-order valence-corrected chi connectivity index (χ3v) is 20.5. The molecule has 0 aliphatic heterocycles. The van der Waals surface area contributed by atoms with Crippen LogP contribution in [-0.2, 0) is 91.1 Å². The van der Waals surface area contributed by atoms with Gasteiger partial charge in [-0.1, -0.05) is 41.5 Å². The second kappa shape index (κ2) is 63.7. The lowest BCUT2D eigenvalue weighted by atomic mass is 10.0. The van der Waals surface area contributed by atoms with Crippen molar-refractivity contribution in [2.24, 2.45) is 5.73 Å². The van der Waals surface area contributed by atoms with Gasteiger partial charge in [-0.05, 0) is 277 Å². The minimum absolute atomic E-state index is 0.0624. The van der Waals surface area contributed by atoms with Crippen LogP contribution in [0.1, 0.15) is 247 Å². The van der Waals surface area contributed by atoms with E-state index in [1.165, 1.54) is 90.0 Å². The molecule has 0 saturated heterocycles. The lowest BCUT2D eigenvalue weighted by molar-refractivity contribution is -0.137. The summed E-state index contributed by atoms with van der Waals surface area (Å²) in [5.74, 6) is -14.5. The zero-order valence-electron chi connectivity index (χ0n) is 80.8. The van der Waals surface area contributed by atoms with Gasteiger partial charge in [0.05, 0.1) is 39.3 Å². The van der Waals surface area contributed by atoms with E-state index in [1.807, 2.05) is 41.5 Å². The molecule has 0 aromatic rings. The SMILES string of the molecule is CCNCCCCC(NC(C)=O)C(=O)NC(C)(C)C(=O)NCC(=O)NC(CCCCNCC)C(=O)NC(C)(C)C(=O)NCC(=O)NC(CCCCNCC)C(=O)NC(C)(C)C(=O)NCC(=O)NC(CCCCNCC)C(=O)NC(C)(C)C(=O)NCC(=O)NC(CCCCNCC)C(=O)NC(C)(C)C(=O)NCC(=O)NC(CCCCNCC)C(=O)NC(C)(C)C(=O)NCC(N)=O. The van der Waals surface area contributed by atoms with Crippen LogP contribution >= 0.6 is 0 Å². The summed E-state index contributed by atoms with van der Waals surface area (Å²) in [6.45, 7) is 33.5. The maximum atomic E-state index is 14.2. The lowest BCUT2D eigenvalue weighted by Crippen LogP contribution is -2.62. The van der Waals surface area contributed by atoms with Crippen LogP contribution in [0.2, 0.25) is 0 Å². The number of carbonyl (C=O) groups excluding carboxylic acids is 19. The number of unbranched alkanes of at least 4 members (excludes halogenated alkanes) is 6. The van der Waals surface area contributed by atoms with Gasteiger partial charge in [0.1, 0.15) is 69.5 Å². The first-order chi connectivity index (χ1) is 60.9. The highest BCUT2D eigenvalue weighted by Crippen LogP contribution is 2.15. The van der Waals surface area contributed by atoms with Crippen molar-refractivity contribution in [3.63, 3.8) is 0 Å². The Hall–Kier alpha value is -10.3. The molecule has 0 radical (unpaired) electrons. The van der Waals surface area contributed by atoms with Crippen LogP contribution in [0, 0.1) is 0 Å². The molecule has 0 heterocycles. The molecule has 6 atom stereocenters. The summed E-state index contributed by atoms with van der Waals surface area (Å²) in [5.41, 5.74) is -4.84. The maximum absolute atomic E-state index is 14.2. The van der Waals surface area contributed by atoms with E-state index in [9.17, 15) is 91.1 Å². The highest BCUT2D eigenvalue weighted by Gasteiger charge is 2.41. The second-order valence-corrected chi connectivity index (χ2v) is 35.2. The molecule has 0 saturated carbocycles. The van der Waals surface area contributed by atoms with Crippen LogP contribution in [-0.4, -0.2) is 300 Å². The maximum Gasteiger partial charge on any atom is 0.245 e. The van der Waals surface area contributed by atoms with Gasteiger partial charge in [-0.15, -0.1) is 0 Å². The predicted octanol–water partition coefficient (Wildman–Crippen LogP) is -4.85. The fourth-order valence-electron chi connectivity index (χ4n) is 12.7. The number of carbonyl (C=O) groups is 19. The summed E-state index contributed by atoms with van der Waals surface area (Å²) in [6.07, 6.45) is 7.28. The second-order valence-electron chi connectivity index (χ2n) is 35.2. The van der Waals surface area contributed by atoms with Crippen molar-refractivity contribution in [3.05, 3.63) is 0 Å². The Labute approximate surface area is 767 Å². The van der Waals surface area contributed by atoms with Crippen LogP contribution in [0.15, 0.2) is 0 Å². The van der Waals surface area contributed by atoms with Crippen molar-refractivity contribution in [2.75, 3.05) is 118 Å². The normalized spacial score (nSPS) is 13.1. The summed E-state index contributed by atoms with van der Waals surface area (Å²) in [5, 5.41) is 65.4. The van der Waals surface area contributed by atoms with Crippen LogP contribution in [0.5, 0.6) is 0 Å². The minimum Gasteiger partial charge on any atom is -0.368 e. The average molecular weight is 1850 g/mol. The molecule has 0 aromatic heterocycles. The molecule has 19 amide bonds. The van der Waals surface area contributed by atoms with Crippen molar-refractivity contribution < 1.29 is 91.1 Å². The van der Waals surface area contributed by atoms with Crippen molar-refractivity contribution >= 4 is 112 Å². The van der Waals surface area contributed by atoms with Crippen molar-refractivity contribution in [2.45, 2.75) is 317 Å². The van der Waals surface area contributed by atoms with Gasteiger partial charge in [0, 0.05) is 6.92 Å². The van der Waals surface area contributed by atoms with Gasteiger partial charge in [0.15, 0.2) is 0 Å². The molecule has 744 valence electrons. The smallest absolute Gasteiger partial charge is 0.245 e. The molecule has 0 aromatic carbocycles. The standard InChI is InChI=1S/C86H161N25O19/c1-20-88-44-32-26-38-57(100-56(7)112)69(119)106-82(10,11)76(126)95-51-64(114)102-59(40-28-34-46-90-22-3)71(121)108-84(14,15)78(128)97-53-66(116)104-61(42-30-36-48-92-24-5)73(123)110-86(18,19)80(130)99-55-68(118)105-62(43-31-37-49-93-25-6)74(124)111-85(16,17)79(129)98-54-67(117)103-60(41-29-35-47-91-23-4)72(122)109-83(12,13)77(127)96-52-65(115)101-58(39-27-33-45-89-21-2)70(120)107-81(8,9)75(125)94-50-63(87)113/h57-62,88-93H,20-55H2,1-19H3,(H2,87,113)(H,94,125)(H,95,126)(H,96,127)(H,97,128)(H,98,129)(H,99,130)(H,100,112)(H,101,115)(H,102,114)(H,103,117)(H,104,116)(H,105,118)(H,106,119)(H,107,120)(H,108,121)(H,109,122)(H,110,123)(H,111,124). The number of nitrogens with one attached hydrogen (secondary N) is 24. The number of nitrogens with two attached hydrogens (primary N) is 1. The fraction of sp³-hybridized carbons (Fsp3) is 0.779. The van der Waals surface area contributed by atoms with E-state index in [0.717, 1.165) is 19.5 Å². The van der Waals surface area contributed by atoms with Crippen LogP contribution in [0.3, 0.4) is 0 Å². The third kappa shape index (κ3) is 51.9. The zero-order chi connectivity index (χ0) is 98.9. The molecule has 130 heavy (non-hydrogen) atoms. The van der Waals surface area contributed by atoms with E-state index in [0.29, 0.717) is 142 Å². The summed E-state index contributed by atoms with van der Waals surface area (Å²) in [7, 11) is 0. The molecule has 26 N–H and O–H groups in total. The molecule has 44 nitrogen and oxygen atoms in total. The summed E-state index contributed by atoms with van der Waals surface area (Å²) in [4.78, 5) is 256. The Kier molecular flexibility index (Phi) is 58.6. The average Bonchev–Trinajstić information content (AvgIpc) is 0.860. The first-order valence-corrected chi connectivity index (χ1v) is 45.8. The molecule has 0 aliphatic rings. The van der Waals surface area contributed by atoms with Crippen LogP contribution < -0.4 is 133 Å². The van der Waals surface area contributed by atoms with E-state index in [4.69, 9.17) is 5.73 Å². The number of primary amides is 1. The number of rotatable bonds is 72. The van der Waals surface area contributed by atoms with E-state index in [2.05, 4.69) is 128 Å². The molecule has 0 fully saturated rings. The largest absolute Gasteiger partial charge is 0.368 e.